The van der Waals surface area contributed by atoms with Gasteiger partial charge in [-0.2, -0.15) is 5.10 Å². The van der Waals surface area contributed by atoms with Crippen LogP contribution in [0.3, 0.4) is 0 Å². The summed E-state index contributed by atoms with van der Waals surface area (Å²) in [5.41, 5.74) is 4.47. The maximum Gasteiger partial charge on any atom is 0.251 e. The molecule has 0 bridgehead atoms. The van der Waals surface area contributed by atoms with E-state index in [2.05, 4.69) is 21.1 Å². The Morgan fingerprint density at radius 2 is 1.76 bits per heavy atom. The van der Waals surface area contributed by atoms with Crippen LogP contribution in [-0.4, -0.2) is 19.7 Å². The van der Waals surface area contributed by atoms with Gasteiger partial charge in [-0.05, 0) is 26.0 Å². The molecule has 0 aliphatic carbocycles. The molecule has 5 heteroatoms. The van der Waals surface area contributed by atoms with E-state index in [1.165, 1.54) is 6.07 Å². The molecule has 0 unspecified atom stereocenters. The van der Waals surface area contributed by atoms with E-state index in [4.69, 9.17) is 0 Å². The van der Waals surface area contributed by atoms with Gasteiger partial charge >= 0.3 is 0 Å². The third kappa shape index (κ3) is 2.76. The number of aryl methyl sites for hydroxylation is 3. The first-order valence-corrected chi connectivity index (χ1v) is 6.70. The number of hydrogen-bond acceptors (Lipinski definition) is 3. The molecule has 106 valence electrons. The Bertz CT molecular complexity index is 840. The Morgan fingerprint density at radius 3 is 2.38 bits per heavy atom. The van der Waals surface area contributed by atoms with Gasteiger partial charge in [0.15, 0.2) is 0 Å². The summed E-state index contributed by atoms with van der Waals surface area (Å²) >= 11 is 0. The Kier molecular flexibility index (Phi) is 3.17. The number of nitrogens with zero attached hydrogens (tertiary/aromatic N) is 3. The second kappa shape index (κ2) is 5.01. The summed E-state index contributed by atoms with van der Waals surface area (Å²) in [5, 5.41) is 4.12. The van der Waals surface area contributed by atoms with Gasteiger partial charge < -0.3 is 4.98 Å². The summed E-state index contributed by atoms with van der Waals surface area (Å²) in [6.07, 6.45) is 3.54. The largest absolute Gasteiger partial charge is 0.306 e. The summed E-state index contributed by atoms with van der Waals surface area (Å²) < 4.78 is 1.69. The van der Waals surface area contributed by atoms with E-state index in [9.17, 15) is 4.79 Å². The van der Waals surface area contributed by atoms with Crippen molar-refractivity contribution in [1.82, 2.24) is 19.7 Å². The summed E-state index contributed by atoms with van der Waals surface area (Å²) in [4.78, 5) is 19.3. The molecule has 0 aliphatic heterocycles. The fourth-order valence-corrected chi connectivity index (χ4v) is 2.41. The lowest BCUT2D eigenvalue weighted by molar-refractivity contribution is 0.768. The van der Waals surface area contributed by atoms with Crippen LogP contribution in [0, 0.1) is 13.8 Å². The molecule has 0 fully saturated rings. The van der Waals surface area contributed by atoms with Crippen LogP contribution in [0.2, 0.25) is 0 Å². The third-order valence-electron chi connectivity index (χ3n) is 3.24. The van der Waals surface area contributed by atoms with Gasteiger partial charge in [0.2, 0.25) is 0 Å². The normalized spacial score (nSPS) is 10.8. The maximum absolute atomic E-state index is 11.9. The van der Waals surface area contributed by atoms with E-state index in [1.54, 1.807) is 10.9 Å². The Hall–Kier alpha value is -2.69. The van der Waals surface area contributed by atoms with Gasteiger partial charge in [-0.25, -0.2) is 4.98 Å². The van der Waals surface area contributed by atoms with E-state index in [0.29, 0.717) is 11.5 Å². The molecule has 21 heavy (non-hydrogen) atoms. The fraction of sp³-hybridized carbons (Fsp3) is 0.188. The zero-order chi connectivity index (χ0) is 15.0. The van der Waals surface area contributed by atoms with Crippen LogP contribution < -0.4 is 5.56 Å². The van der Waals surface area contributed by atoms with E-state index in [1.807, 2.05) is 39.2 Å². The van der Waals surface area contributed by atoms with Crippen LogP contribution in [0.4, 0.5) is 0 Å². The third-order valence-corrected chi connectivity index (χ3v) is 3.24. The number of nitrogens with one attached hydrogen (secondary N) is 1. The van der Waals surface area contributed by atoms with Gasteiger partial charge in [0.05, 0.1) is 11.9 Å². The molecule has 1 aromatic carbocycles. The Labute approximate surface area is 122 Å². The van der Waals surface area contributed by atoms with Gasteiger partial charge in [-0.1, -0.05) is 17.2 Å². The van der Waals surface area contributed by atoms with Crippen molar-refractivity contribution in [3.8, 4) is 22.6 Å². The highest BCUT2D eigenvalue weighted by Gasteiger charge is 2.08. The van der Waals surface area contributed by atoms with Gasteiger partial charge in [0.25, 0.3) is 5.56 Å². The molecule has 1 N–H and O–H groups in total. The second-order valence-electron chi connectivity index (χ2n) is 5.26. The van der Waals surface area contributed by atoms with Crippen LogP contribution in [0.1, 0.15) is 11.1 Å². The molecule has 2 heterocycles. The number of benzene rings is 1. The predicted octanol–water partition coefficient (Wildman–Crippen LogP) is 2.45. The highest BCUT2D eigenvalue weighted by molar-refractivity contribution is 5.63. The van der Waals surface area contributed by atoms with Crippen molar-refractivity contribution < 1.29 is 0 Å². The summed E-state index contributed by atoms with van der Waals surface area (Å²) in [5.74, 6) is 0.577. The molecule has 0 radical (unpaired) electrons. The van der Waals surface area contributed by atoms with E-state index < -0.39 is 0 Å². The minimum atomic E-state index is -0.169. The smallest absolute Gasteiger partial charge is 0.251 e. The second-order valence-corrected chi connectivity index (χ2v) is 5.26. The van der Waals surface area contributed by atoms with Gasteiger partial charge in [0.1, 0.15) is 5.82 Å². The average Bonchev–Trinajstić information content (AvgIpc) is 2.83. The predicted molar refractivity (Wildman–Crippen MR) is 82.0 cm³/mol. The number of rotatable bonds is 2. The van der Waals surface area contributed by atoms with Gasteiger partial charge in [-0.15, -0.1) is 0 Å². The summed E-state index contributed by atoms with van der Waals surface area (Å²) in [6, 6.07) is 7.60. The highest BCUT2D eigenvalue weighted by atomic mass is 16.1. The number of hydrogen-bond donors (Lipinski definition) is 1. The molecule has 0 spiro atoms. The zero-order valence-electron chi connectivity index (χ0n) is 12.2. The Morgan fingerprint density at radius 1 is 1.05 bits per heavy atom. The lowest BCUT2D eigenvalue weighted by Crippen LogP contribution is -2.08. The van der Waals surface area contributed by atoms with Crippen LogP contribution in [0.15, 0.2) is 41.5 Å². The summed E-state index contributed by atoms with van der Waals surface area (Å²) in [6.45, 7) is 4.05. The number of aromatic nitrogens is 4. The molecular formula is C16H16N4O. The molecule has 2 aromatic heterocycles. The van der Waals surface area contributed by atoms with Crippen molar-refractivity contribution in [2.75, 3.05) is 0 Å². The first-order valence-electron chi connectivity index (χ1n) is 6.70. The van der Waals surface area contributed by atoms with Crippen LogP contribution >= 0.6 is 0 Å². The minimum absolute atomic E-state index is 0.169. The fourth-order valence-electron chi connectivity index (χ4n) is 2.41. The van der Waals surface area contributed by atoms with Crippen molar-refractivity contribution in [3.05, 3.63) is 58.1 Å². The zero-order valence-corrected chi connectivity index (χ0v) is 12.2. The van der Waals surface area contributed by atoms with Gasteiger partial charge in [-0.3, -0.25) is 9.48 Å². The van der Waals surface area contributed by atoms with Crippen molar-refractivity contribution in [1.29, 1.82) is 0 Å². The monoisotopic (exact) mass is 280 g/mol. The number of H-pyrrole nitrogens is 1. The average molecular weight is 280 g/mol. The molecule has 0 saturated carbocycles. The summed E-state index contributed by atoms with van der Waals surface area (Å²) in [7, 11) is 1.83. The van der Waals surface area contributed by atoms with Gasteiger partial charge in [0, 0.05) is 30.4 Å². The number of aromatic amines is 1. The molecular weight excluding hydrogens is 264 g/mol. The first-order chi connectivity index (χ1) is 10.0. The van der Waals surface area contributed by atoms with Crippen molar-refractivity contribution in [3.63, 3.8) is 0 Å². The SMILES string of the molecule is Cc1cc(C)cc(-c2nc(-c3cnn(C)c3)cc(=O)[nH]2)c1. The first kappa shape index (κ1) is 13.3. The molecule has 3 rings (SSSR count). The highest BCUT2D eigenvalue weighted by Crippen LogP contribution is 2.21. The maximum atomic E-state index is 11.9. The molecule has 3 aromatic rings. The van der Waals surface area contributed by atoms with Crippen molar-refractivity contribution >= 4 is 0 Å². The minimum Gasteiger partial charge on any atom is -0.306 e. The Balaban J connectivity index is 2.15. The topological polar surface area (TPSA) is 63.6 Å². The lowest BCUT2D eigenvalue weighted by Gasteiger charge is -2.06. The van der Waals surface area contributed by atoms with Crippen LogP contribution in [0.25, 0.3) is 22.6 Å². The van der Waals surface area contributed by atoms with E-state index in [-0.39, 0.29) is 5.56 Å². The quantitative estimate of drug-likeness (QED) is 0.784. The molecule has 0 aliphatic rings. The molecule has 0 amide bonds. The van der Waals surface area contributed by atoms with E-state index >= 15 is 0 Å². The standard InChI is InChI=1S/C16H16N4O/c1-10-4-11(2)6-12(5-10)16-18-14(7-15(21)19-16)13-8-17-20(3)9-13/h4-9H,1-3H3,(H,18,19,21). The van der Waals surface area contributed by atoms with Crippen LogP contribution in [-0.2, 0) is 7.05 Å². The molecule has 0 saturated heterocycles. The van der Waals surface area contributed by atoms with E-state index in [0.717, 1.165) is 22.3 Å². The lowest BCUT2D eigenvalue weighted by atomic mass is 10.1. The van der Waals surface area contributed by atoms with Crippen molar-refractivity contribution in [2.24, 2.45) is 7.05 Å². The molecule has 0 atom stereocenters. The van der Waals surface area contributed by atoms with Crippen molar-refractivity contribution in [2.45, 2.75) is 13.8 Å². The van der Waals surface area contributed by atoms with Crippen LogP contribution in [0.5, 0.6) is 0 Å². The molecule has 5 nitrogen and oxygen atoms in total.